The van der Waals surface area contributed by atoms with E-state index in [-0.39, 0.29) is 5.56 Å². The topological polar surface area (TPSA) is 64.3 Å². The first-order valence-electron chi connectivity index (χ1n) is 7.93. The number of ether oxygens (including phenoxy) is 1. The molecule has 2 heterocycles. The molecule has 0 spiro atoms. The lowest BCUT2D eigenvalue weighted by Crippen LogP contribution is -2.06. The summed E-state index contributed by atoms with van der Waals surface area (Å²) < 4.78 is 7.78. The van der Waals surface area contributed by atoms with Crippen LogP contribution in [0.4, 0.5) is 0 Å². The maximum absolute atomic E-state index is 11.5. The second kappa shape index (κ2) is 6.35. The molecule has 0 aliphatic rings. The number of carboxylic acid groups (broad SMARTS) is 1. The Morgan fingerprint density at radius 1 is 1.25 bits per heavy atom. The van der Waals surface area contributed by atoms with Gasteiger partial charge in [-0.25, -0.2) is 9.78 Å². The summed E-state index contributed by atoms with van der Waals surface area (Å²) in [6.07, 6.45) is 1.38. The first-order chi connectivity index (χ1) is 11.5. The fourth-order valence-corrected chi connectivity index (χ4v) is 2.98. The molecule has 0 radical (unpaired) electrons. The van der Waals surface area contributed by atoms with Crippen molar-refractivity contribution in [3.05, 3.63) is 58.9 Å². The molecule has 0 atom stereocenters. The second-order valence-electron chi connectivity index (χ2n) is 5.72. The fraction of sp³-hybridized carbons (Fsp3) is 0.263. The maximum atomic E-state index is 11.5. The summed E-state index contributed by atoms with van der Waals surface area (Å²) >= 11 is 0. The van der Waals surface area contributed by atoms with Gasteiger partial charge in [0.05, 0.1) is 12.0 Å². The molecule has 2 aromatic heterocycles. The lowest BCUT2D eigenvalue weighted by Gasteiger charge is -2.10. The Hall–Kier alpha value is -2.82. The van der Waals surface area contributed by atoms with Crippen LogP contribution >= 0.6 is 0 Å². The van der Waals surface area contributed by atoms with Gasteiger partial charge in [-0.2, -0.15) is 0 Å². The molecule has 1 aromatic carbocycles. The third kappa shape index (κ3) is 2.62. The van der Waals surface area contributed by atoms with Crippen LogP contribution < -0.4 is 4.74 Å². The zero-order valence-corrected chi connectivity index (χ0v) is 14.0. The van der Waals surface area contributed by atoms with Crippen LogP contribution in [-0.4, -0.2) is 27.2 Å². The molecule has 0 saturated heterocycles. The van der Waals surface area contributed by atoms with Crippen molar-refractivity contribution >= 4 is 17.0 Å². The zero-order valence-electron chi connectivity index (χ0n) is 14.0. The summed E-state index contributed by atoms with van der Waals surface area (Å²) in [6, 6.07) is 10.1. The number of fused-ring (bicyclic) bond motifs is 1. The second-order valence-corrected chi connectivity index (χ2v) is 5.72. The minimum absolute atomic E-state index is 0.101. The fourth-order valence-electron chi connectivity index (χ4n) is 2.98. The van der Waals surface area contributed by atoms with Crippen molar-refractivity contribution in [2.75, 3.05) is 6.61 Å². The van der Waals surface area contributed by atoms with Gasteiger partial charge in [0, 0.05) is 18.4 Å². The first-order valence-corrected chi connectivity index (χ1v) is 7.93. The zero-order chi connectivity index (χ0) is 17.3. The van der Waals surface area contributed by atoms with E-state index in [1.165, 1.54) is 11.8 Å². The number of carboxylic acids is 1. The van der Waals surface area contributed by atoms with E-state index in [1.54, 1.807) is 0 Å². The Morgan fingerprint density at radius 2 is 1.96 bits per heavy atom. The van der Waals surface area contributed by atoms with E-state index in [0.29, 0.717) is 18.9 Å². The quantitative estimate of drug-likeness (QED) is 0.775. The van der Waals surface area contributed by atoms with Gasteiger partial charge in [0.1, 0.15) is 17.0 Å². The molecule has 0 aliphatic carbocycles. The lowest BCUT2D eigenvalue weighted by atomic mass is 10.1. The Labute approximate surface area is 140 Å². The summed E-state index contributed by atoms with van der Waals surface area (Å²) in [5.41, 5.74) is 4.08. The smallest absolute Gasteiger partial charge is 0.341 e. The number of hydrogen-bond donors (Lipinski definition) is 1. The Bertz CT molecular complexity index is 898. The SMILES string of the molecule is CCOc1c(C(=O)O)cnc2c1c(C)c(C)n2Cc1ccccc1. The molecule has 3 rings (SSSR count). The van der Waals surface area contributed by atoms with Gasteiger partial charge in [0.25, 0.3) is 0 Å². The van der Waals surface area contributed by atoms with Crippen molar-refractivity contribution in [3.63, 3.8) is 0 Å². The number of carbonyl (C=O) groups is 1. The molecule has 124 valence electrons. The minimum atomic E-state index is -1.03. The average molecular weight is 324 g/mol. The number of hydrogen-bond acceptors (Lipinski definition) is 3. The number of pyridine rings is 1. The van der Waals surface area contributed by atoms with Gasteiger partial charge in [-0.05, 0) is 31.9 Å². The number of aromatic carboxylic acids is 1. The normalized spacial score (nSPS) is 11.0. The largest absolute Gasteiger partial charge is 0.492 e. The van der Waals surface area contributed by atoms with Crippen molar-refractivity contribution in [3.8, 4) is 5.75 Å². The molecule has 24 heavy (non-hydrogen) atoms. The lowest BCUT2D eigenvalue weighted by molar-refractivity contribution is 0.0692. The Kier molecular flexibility index (Phi) is 4.25. The van der Waals surface area contributed by atoms with Crippen LogP contribution in [0.1, 0.15) is 34.1 Å². The summed E-state index contributed by atoms with van der Waals surface area (Å²) in [5, 5.41) is 10.2. The van der Waals surface area contributed by atoms with Gasteiger partial charge >= 0.3 is 5.97 Å². The van der Waals surface area contributed by atoms with E-state index >= 15 is 0 Å². The van der Waals surface area contributed by atoms with Crippen molar-refractivity contribution in [2.45, 2.75) is 27.3 Å². The molecular weight excluding hydrogens is 304 g/mol. The summed E-state index contributed by atoms with van der Waals surface area (Å²) in [4.78, 5) is 15.9. The molecule has 0 saturated carbocycles. The van der Waals surface area contributed by atoms with Crippen LogP contribution in [-0.2, 0) is 6.54 Å². The van der Waals surface area contributed by atoms with E-state index in [4.69, 9.17) is 4.74 Å². The molecule has 5 nitrogen and oxygen atoms in total. The van der Waals surface area contributed by atoms with E-state index in [9.17, 15) is 9.90 Å². The van der Waals surface area contributed by atoms with Crippen LogP contribution in [0.5, 0.6) is 5.75 Å². The van der Waals surface area contributed by atoms with Gasteiger partial charge in [0.15, 0.2) is 0 Å². The summed E-state index contributed by atoms with van der Waals surface area (Å²) in [7, 11) is 0. The van der Waals surface area contributed by atoms with Gasteiger partial charge in [-0.3, -0.25) is 0 Å². The van der Waals surface area contributed by atoms with Gasteiger partial charge in [0.2, 0.25) is 0 Å². The number of aromatic nitrogens is 2. The minimum Gasteiger partial charge on any atom is -0.492 e. The van der Waals surface area contributed by atoms with E-state index in [2.05, 4.69) is 21.7 Å². The van der Waals surface area contributed by atoms with Gasteiger partial charge < -0.3 is 14.4 Å². The van der Waals surface area contributed by atoms with Crippen LogP contribution in [0, 0.1) is 13.8 Å². The molecule has 3 aromatic rings. The van der Waals surface area contributed by atoms with Crippen LogP contribution in [0.15, 0.2) is 36.5 Å². The highest BCUT2D eigenvalue weighted by Crippen LogP contribution is 2.35. The third-order valence-electron chi connectivity index (χ3n) is 4.29. The molecule has 0 fully saturated rings. The molecule has 5 heteroatoms. The van der Waals surface area contributed by atoms with Crippen molar-refractivity contribution < 1.29 is 14.6 Å². The van der Waals surface area contributed by atoms with Crippen LogP contribution in [0.3, 0.4) is 0 Å². The molecule has 0 aliphatic heterocycles. The molecule has 1 N–H and O–H groups in total. The van der Waals surface area contributed by atoms with Crippen LogP contribution in [0.2, 0.25) is 0 Å². The Balaban J connectivity index is 2.24. The number of rotatable bonds is 5. The Morgan fingerprint density at radius 3 is 2.58 bits per heavy atom. The van der Waals surface area contributed by atoms with Crippen molar-refractivity contribution in [2.24, 2.45) is 0 Å². The standard InChI is InChI=1S/C19H20N2O3/c1-4-24-17-15(19(22)23)10-20-18-16(17)12(2)13(3)21(18)11-14-8-6-5-7-9-14/h5-10H,4,11H2,1-3H3,(H,22,23). The predicted octanol–water partition coefficient (Wildman–Crippen LogP) is 3.80. The molecular formula is C19H20N2O3. The highest BCUT2D eigenvalue weighted by Gasteiger charge is 2.22. The summed E-state index contributed by atoms with van der Waals surface area (Å²) in [6.45, 7) is 6.94. The molecule has 0 amide bonds. The monoisotopic (exact) mass is 324 g/mol. The number of benzene rings is 1. The highest BCUT2D eigenvalue weighted by atomic mass is 16.5. The number of nitrogens with zero attached hydrogens (tertiary/aromatic N) is 2. The number of aryl methyl sites for hydroxylation is 1. The average Bonchev–Trinajstić information content (AvgIpc) is 2.81. The highest BCUT2D eigenvalue weighted by molar-refractivity contribution is 6.00. The first kappa shape index (κ1) is 16.1. The predicted molar refractivity (Wildman–Crippen MR) is 92.9 cm³/mol. The van der Waals surface area contributed by atoms with Gasteiger partial charge in [-0.1, -0.05) is 30.3 Å². The van der Waals surface area contributed by atoms with E-state index in [0.717, 1.165) is 22.3 Å². The van der Waals surface area contributed by atoms with Crippen LogP contribution in [0.25, 0.3) is 11.0 Å². The third-order valence-corrected chi connectivity index (χ3v) is 4.29. The maximum Gasteiger partial charge on any atom is 0.341 e. The van der Waals surface area contributed by atoms with Crippen molar-refractivity contribution in [1.29, 1.82) is 0 Å². The summed E-state index contributed by atoms with van der Waals surface area (Å²) in [5.74, 6) is -0.622. The van der Waals surface area contributed by atoms with E-state index < -0.39 is 5.97 Å². The molecule has 0 unspecified atom stereocenters. The van der Waals surface area contributed by atoms with E-state index in [1.807, 2.05) is 39.0 Å². The van der Waals surface area contributed by atoms with Crippen molar-refractivity contribution in [1.82, 2.24) is 9.55 Å². The molecule has 0 bridgehead atoms. The van der Waals surface area contributed by atoms with Gasteiger partial charge in [-0.15, -0.1) is 0 Å².